The van der Waals surface area contributed by atoms with Gasteiger partial charge in [0, 0.05) is 29.9 Å². The number of hydrogen-bond donors (Lipinski definition) is 1. The number of benzene rings is 2. The lowest BCUT2D eigenvalue weighted by atomic mass is 10.0. The molecular weight excluding hydrogens is 336 g/mol. The Kier molecular flexibility index (Phi) is 6.28. The normalized spacial score (nSPS) is 14.1. The van der Waals surface area contributed by atoms with E-state index in [-0.39, 0.29) is 11.8 Å². The summed E-state index contributed by atoms with van der Waals surface area (Å²) in [4.78, 5) is 27.5. The number of rotatable bonds is 5. The highest BCUT2D eigenvalue weighted by molar-refractivity contribution is 6.06. The molecule has 1 fully saturated rings. The van der Waals surface area contributed by atoms with E-state index in [9.17, 15) is 9.59 Å². The van der Waals surface area contributed by atoms with E-state index in [2.05, 4.69) is 19.2 Å². The summed E-state index contributed by atoms with van der Waals surface area (Å²) in [5.74, 6) is -0.147. The number of carbonyl (C=O) groups excluding carboxylic acids is 2. The summed E-state index contributed by atoms with van der Waals surface area (Å²) in [6.45, 7) is 5.78. The van der Waals surface area contributed by atoms with Crippen LogP contribution in [0, 0.1) is 0 Å². The van der Waals surface area contributed by atoms with Crippen molar-refractivity contribution < 1.29 is 9.59 Å². The van der Waals surface area contributed by atoms with E-state index in [1.54, 1.807) is 24.3 Å². The summed E-state index contributed by atoms with van der Waals surface area (Å²) in [5, 5.41) is 3.08. The third-order valence-corrected chi connectivity index (χ3v) is 5.25. The minimum atomic E-state index is -0.168. The zero-order valence-electron chi connectivity index (χ0n) is 16.3. The molecule has 0 saturated carbocycles. The average Bonchev–Trinajstić information content (AvgIpc) is 2.74. The minimum Gasteiger partial charge on any atom is -0.339 e. The van der Waals surface area contributed by atoms with Crippen LogP contribution in [0.1, 0.15) is 65.0 Å². The first-order valence-electron chi connectivity index (χ1n) is 9.95. The third-order valence-electron chi connectivity index (χ3n) is 5.25. The minimum absolute atomic E-state index is 0.0209. The first-order chi connectivity index (χ1) is 13.1. The van der Waals surface area contributed by atoms with Gasteiger partial charge in [0.25, 0.3) is 11.8 Å². The number of para-hydroxylation sites is 1. The van der Waals surface area contributed by atoms with E-state index in [4.69, 9.17) is 0 Å². The highest BCUT2D eigenvalue weighted by Gasteiger charge is 2.19. The first-order valence-corrected chi connectivity index (χ1v) is 9.95. The second-order valence-corrected chi connectivity index (χ2v) is 7.05. The molecule has 142 valence electrons. The molecule has 1 N–H and O–H groups in total. The molecule has 1 heterocycles. The average molecular weight is 364 g/mol. The Balaban J connectivity index is 1.81. The predicted molar refractivity (Wildman–Crippen MR) is 109 cm³/mol. The summed E-state index contributed by atoms with van der Waals surface area (Å²) in [7, 11) is 0. The summed E-state index contributed by atoms with van der Waals surface area (Å²) < 4.78 is 0. The maximum atomic E-state index is 12.9. The molecule has 4 heteroatoms. The van der Waals surface area contributed by atoms with Gasteiger partial charge >= 0.3 is 0 Å². The zero-order chi connectivity index (χ0) is 19.2. The van der Waals surface area contributed by atoms with Crippen molar-refractivity contribution in [2.75, 3.05) is 18.4 Å². The number of amides is 2. The number of aryl methyl sites for hydroxylation is 2. The fraction of sp³-hybridized carbons (Fsp3) is 0.391. The smallest absolute Gasteiger partial charge is 0.255 e. The molecule has 1 aliphatic rings. The van der Waals surface area contributed by atoms with E-state index < -0.39 is 0 Å². The molecule has 0 aliphatic carbocycles. The Bertz CT molecular complexity index is 801. The van der Waals surface area contributed by atoms with Crippen LogP contribution < -0.4 is 5.32 Å². The lowest BCUT2D eigenvalue weighted by molar-refractivity contribution is 0.0724. The van der Waals surface area contributed by atoms with Gasteiger partial charge in [0.2, 0.25) is 0 Å². The van der Waals surface area contributed by atoms with Crippen molar-refractivity contribution in [3.63, 3.8) is 0 Å². The molecular formula is C23H28N2O2. The molecule has 1 aliphatic heterocycles. The van der Waals surface area contributed by atoms with Crippen molar-refractivity contribution in [2.45, 2.75) is 46.0 Å². The Morgan fingerprint density at radius 1 is 0.889 bits per heavy atom. The highest BCUT2D eigenvalue weighted by Crippen LogP contribution is 2.23. The molecule has 0 atom stereocenters. The fourth-order valence-electron chi connectivity index (χ4n) is 3.66. The van der Waals surface area contributed by atoms with Gasteiger partial charge in [-0.1, -0.05) is 38.1 Å². The number of nitrogens with one attached hydrogen (secondary N) is 1. The second kappa shape index (κ2) is 8.85. The largest absolute Gasteiger partial charge is 0.339 e. The first kappa shape index (κ1) is 19.2. The van der Waals surface area contributed by atoms with Gasteiger partial charge in [-0.25, -0.2) is 0 Å². The van der Waals surface area contributed by atoms with Gasteiger partial charge in [-0.15, -0.1) is 0 Å². The van der Waals surface area contributed by atoms with Gasteiger partial charge < -0.3 is 10.2 Å². The van der Waals surface area contributed by atoms with Crippen molar-refractivity contribution in [3.8, 4) is 0 Å². The fourth-order valence-corrected chi connectivity index (χ4v) is 3.66. The van der Waals surface area contributed by atoms with Crippen molar-refractivity contribution in [1.82, 2.24) is 4.90 Å². The number of nitrogens with zero attached hydrogens (tertiary/aromatic N) is 1. The van der Waals surface area contributed by atoms with Crippen molar-refractivity contribution in [2.24, 2.45) is 0 Å². The maximum Gasteiger partial charge on any atom is 0.255 e. The van der Waals surface area contributed by atoms with Gasteiger partial charge in [-0.3, -0.25) is 9.59 Å². The Hall–Kier alpha value is -2.62. The monoisotopic (exact) mass is 364 g/mol. The highest BCUT2D eigenvalue weighted by atomic mass is 16.2. The lowest BCUT2D eigenvalue weighted by Gasteiger charge is -2.26. The van der Waals surface area contributed by atoms with Crippen LogP contribution >= 0.6 is 0 Å². The zero-order valence-corrected chi connectivity index (χ0v) is 16.3. The van der Waals surface area contributed by atoms with Crippen molar-refractivity contribution >= 4 is 17.5 Å². The SMILES string of the molecule is CCc1cccc(CC)c1NC(=O)c1cccc(C(=O)N2CCCCC2)c1. The summed E-state index contributed by atoms with van der Waals surface area (Å²) >= 11 is 0. The molecule has 2 aromatic rings. The summed E-state index contributed by atoms with van der Waals surface area (Å²) in [6.07, 6.45) is 5.01. The number of hydrogen-bond acceptors (Lipinski definition) is 2. The molecule has 0 spiro atoms. The second-order valence-electron chi connectivity index (χ2n) is 7.05. The van der Waals surface area contributed by atoms with E-state index in [0.29, 0.717) is 11.1 Å². The van der Waals surface area contributed by atoms with Crippen LogP contribution in [0.4, 0.5) is 5.69 Å². The van der Waals surface area contributed by atoms with Crippen molar-refractivity contribution in [1.29, 1.82) is 0 Å². The molecule has 3 rings (SSSR count). The van der Waals surface area contributed by atoms with Crippen LogP contribution in [-0.2, 0) is 12.8 Å². The van der Waals surface area contributed by atoms with Crippen LogP contribution in [0.3, 0.4) is 0 Å². The quantitative estimate of drug-likeness (QED) is 0.837. The van der Waals surface area contributed by atoms with E-state index in [1.165, 1.54) is 6.42 Å². The number of piperidine rings is 1. The van der Waals surface area contributed by atoms with Gasteiger partial charge in [0.1, 0.15) is 0 Å². The lowest BCUT2D eigenvalue weighted by Crippen LogP contribution is -2.35. The molecule has 0 aromatic heterocycles. The van der Waals surface area contributed by atoms with Gasteiger partial charge in [0.05, 0.1) is 0 Å². The number of anilines is 1. The van der Waals surface area contributed by atoms with E-state index in [1.807, 2.05) is 23.1 Å². The molecule has 4 nitrogen and oxygen atoms in total. The van der Waals surface area contributed by atoms with Crippen LogP contribution in [0.5, 0.6) is 0 Å². The van der Waals surface area contributed by atoms with Gasteiger partial charge in [-0.2, -0.15) is 0 Å². The van der Waals surface area contributed by atoms with Gasteiger partial charge in [-0.05, 0) is 61.4 Å². The standard InChI is InChI=1S/C23H28N2O2/c1-3-17-10-8-11-18(4-2)21(17)24-22(26)19-12-9-13-20(16-19)23(27)25-14-6-5-7-15-25/h8-13,16H,3-7,14-15H2,1-2H3,(H,24,26). The molecule has 2 aromatic carbocycles. The topological polar surface area (TPSA) is 49.4 Å². The van der Waals surface area contributed by atoms with E-state index >= 15 is 0 Å². The molecule has 0 unspecified atom stereocenters. The Morgan fingerprint density at radius 2 is 1.48 bits per heavy atom. The van der Waals surface area contributed by atoms with Crippen LogP contribution in [0.15, 0.2) is 42.5 Å². The summed E-state index contributed by atoms with van der Waals surface area (Å²) in [6, 6.07) is 13.2. The molecule has 0 bridgehead atoms. The summed E-state index contributed by atoms with van der Waals surface area (Å²) in [5.41, 5.74) is 4.27. The number of likely N-dealkylation sites (tertiary alicyclic amines) is 1. The molecule has 27 heavy (non-hydrogen) atoms. The van der Waals surface area contributed by atoms with Crippen LogP contribution in [0.25, 0.3) is 0 Å². The van der Waals surface area contributed by atoms with Crippen LogP contribution in [0.2, 0.25) is 0 Å². The number of carbonyl (C=O) groups is 2. The molecule has 1 saturated heterocycles. The maximum absolute atomic E-state index is 12.9. The van der Waals surface area contributed by atoms with Gasteiger partial charge in [0.15, 0.2) is 0 Å². The Labute approximate surface area is 161 Å². The molecule has 0 radical (unpaired) electrons. The van der Waals surface area contributed by atoms with Crippen molar-refractivity contribution in [3.05, 3.63) is 64.7 Å². The predicted octanol–water partition coefficient (Wildman–Crippen LogP) is 4.69. The Morgan fingerprint density at radius 3 is 2.11 bits per heavy atom. The van der Waals surface area contributed by atoms with E-state index in [0.717, 1.165) is 55.6 Å². The third kappa shape index (κ3) is 4.38. The van der Waals surface area contributed by atoms with Crippen LogP contribution in [-0.4, -0.2) is 29.8 Å². The molecule has 2 amide bonds.